The van der Waals surface area contributed by atoms with Gasteiger partial charge in [0.15, 0.2) is 35.2 Å². The highest BCUT2D eigenvalue weighted by atomic mass is 19.1. The van der Waals surface area contributed by atoms with Crippen molar-refractivity contribution >= 4 is 99.1 Å². The molecule has 0 bridgehead atoms. The fraction of sp³-hybridized carbons (Fsp3) is 0.519. The second kappa shape index (κ2) is 43.1. The molecule has 2 heterocycles. The van der Waals surface area contributed by atoms with Gasteiger partial charge in [-0.1, -0.05) is 105 Å². The van der Waals surface area contributed by atoms with Gasteiger partial charge in [-0.05, 0) is 150 Å². The normalized spacial score (nSPS) is 22.5. The van der Waals surface area contributed by atoms with E-state index in [2.05, 4.69) is 41.6 Å². The maximum atomic E-state index is 15.4. The van der Waals surface area contributed by atoms with Crippen molar-refractivity contribution in [2.24, 2.45) is 78.3 Å². The molecule has 30 heteroatoms. The number of hydrogen-bond donors (Lipinski definition) is 12. The van der Waals surface area contributed by atoms with Crippen LogP contribution in [0.4, 0.5) is 4.39 Å². The second-order valence-corrected chi connectivity index (χ2v) is 28.4. The molecule has 19 N–H and O–H groups in total. The Morgan fingerprint density at radius 3 is 1.70 bits per heavy atom. The van der Waals surface area contributed by atoms with E-state index in [9.17, 15) is 38.0 Å². The van der Waals surface area contributed by atoms with Crippen LogP contribution in [0.2, 0.25) is 0 Å². The molecule has 9 atom stereocenters. The van der Waals surface area contributed by atoms with Crippen molar-refractivity contribution in [3.05, 3.63) is 120 Å². The number of fused-ring (bicyclic) bond motifs is 2. The first-order valence-corrected chi connectivity index (χ1v) is 36.8. The number of ketones is 4. The molecule has 2 saturated heterocycles. The van der Waals surface area contributed by atoms with E-state index < -0.39 is 174 Å². The van der Waals surface area contributed by atoms with Gasteiger partial charge in [0, 0.05) is 76.2 Å². The van der Waals surface area contributed by atoms with E-state index in [4.69, 9.17) is 44.9 Å². The number of carbonyl (C=O) groups is 12. The lowest BCUT2D eigenvalue weighted by Gasteiger charge is -2.36. The van der Waals surface area contributed by atoms with Crippen LogP contribution >= 0.6 is 0 Å². The molecule has 4 aromatic carbocycles. The van der Waals surface area contributed by atoms with Crippen LogP contribution in [0.1, 0.15) is 159 Å². The predicted octanol–water partition coefficient (Wildman–Crippen LogP) is 3.09. The fourth-order valence-corrected chi connectivity index (χ4v) is 13.1. The molecular weight excluding hydrogens is 1380 g/mol. The number of esters is 1. The quantitative estimate of drug-likeness (QED) is 0.0149. The van der Waals surface area contributed by atoms with Gasteiger partial charge in [-0.2, -0.15) is 0 Å². The molecule has 2 fully saturated rings. The standard InChI is InChI=1S/C77H107FN16O13/c1-4-5-18-53-43-64(97)60(41-48-26-30-55(78)31-27-48)93-70(103)59(23-15-37-88-76(84)85)92-69(102)54(40-49-25-29-50-19-9-10-20-51(50)39-49)44-63(96)57(22-14-36-87-75(82)83)91-68(101)52(21-13-35-86-74(80)81)42-62(95)58(33-34-65(79)98)90-66(99)45-56(32-28-47-16-7-6-8-17-47)89-71(104)61-24-11-12-38-94(61)72(105)67(100)77(2,3)46-107-73(53)106/h6-10,16-17,19-20,25-27,29-31,39,52-54,56-61H,4-5,11-15,18,21-24,28,32-38,40-46H2,1-3H3,(H2,79,98)(H,89,104)(H,90,99)(H,91,101)(H,92,102)(H,93,103)(H4,80,81,86)(H4,82,83,87)(H4,84,85,88)/t52-,53+,54?,56-,57+,58+,59+,60+,61?/m1/s1. The zero-order valence-electron chi connectivity index (χ0n) is 61.5. The molecule has 6 rings (SSSR count). The van der Waals surface area contributed by atoms with Crippen LogP contribution in [0.25, 0.3) is 10.8 Å². The summed E-state index contributed by atoms with van der Waals surface area (Å²) in [5, 5.41) is 15.9. The summed E-state index contributed by atoms with van der Waals surface area (Å²) in [6.45, 7) is 4.02. The minimum atomic E-state index is -1.70. The first-order valence-electron chi connectivity index (χ1n) is 36.8. The maximum absolute atomic E-state index is 15.4. The number of carbonyl (C=O) groups excluding carboxylic acids is 12. The topological polar surface area (TPSA) is 497 Å². The van der Waals surface area contributed by atoms with Crippen molar-refractivity contribution in [2.45, 2.75) is 198 Å². The van der Waals surface area contributed by atoms with Crippen LogP contribution in [-0.2, 0) is 81.5 Å². The molecular formula is C77H107FN16O13. The summed E-state index contributed by atoms with van der Waals surface area (Å²) in [7, 11) is 0. The van der Waals surface area contributed by atoms with Crippen molar-refractivity contribution in [3.63, 3.8) is 0 Å². The van der Waals surface area contributed by atoms with Gasteiger partial charge in [-0.25, -0.2) is 4.39 Å². The summed E-state index contributed by atoms with van der Waals surface area (Å²) >= 11 is 0. The van der Waals surface area contributed by atoms with Gasteiger partial charge in [-0.3, -0.25) is 72.5 Å². The number of aryl methyl sites for hydroxylation is 1. The number of halogens is 1. The van der Waals surface area contributed by atoms with Crippen molar-refractivity contribution < 1.29 is 66.7 Å². The number of primary amides is 1. The number of piperidine rings is 1. The van der Waals surface area contributed by atoms with Gasteiger partial charge in [0.25, 0.3) is 5.91 Å². The Labute approximate surface area is 623 Å². The lowest BCUT2D eigenvalue weighted by molar-refractivity contribution is -0.160. The van der Waals surface area contributed by atoms with E-state index in [-0.39, 0.29) is 121 Å². The van der Waals surface area contributed by atoms with Crippen LogP contribution in [0.5, 0.6) is 0 Å². The summed E-state index contributed by atoms with van der Waals surface area (Å²) in [6, 6.07) is 19.4. The summed E-state index contributed by atoms with van der Waals surface area (Å²) in [5.41, 5.74) is 39.9. The minimum Gasteiger partial charge on any atom is -0.464 e. The molecule has 107 heavy (non-hydrogen) atoms. The molecule has 0 saturated carbocycles. The number of amides is 7. The molecule has 4 aromatic rings. The van der Waals surface area contributed by atoms with Crippen molar-refractivity contribution in [1.29, 1.82) is 0 Å². The third-order valence-electron chi connectivity index (χ3n) is 19.2. The highest BCUT2D eigenvalue weighted by Gasteiger charge is 2.43. The molecule has 0 spiro atoms. The predicted molar refractivity (Wildman–Crippen MR) is 403 cm³/mol. The lowest BCUT2D eigenvalue weighted by atomic mass is 9.87. The second-order valence-electron chi connectivity index (χ2n) is 28.4. The monoisotopic (exact) mass is 1480 g/mol. The van der Waals surface area contributed by atoms with Gasteiger partial charge in [0.2, 0.25) is 41.2 Å². The van der Waals surface area contributed by atoms with Crippen molar-refractivity contribution in [3.8, 4) is 0 Å². The first kappa shape index (κ1) is 85.2. The van der Waals surface area contributed by atoms with Gasteiger partial charge in [0.1, 0.15) is 24.5 Å². The van der Waals surface area contributed by atoms with Gasteiger partial charge >= 0.3 is 5.97 Å². The zero-order valence-corrected chi connectivity index (χ0v) is 61.5. The molecule has 2 unspecified atom stereocenters. The van der Waals surface area contributed by atoms with Crippen LogP contribution < -0.4 is 66.7 Å². The summed E-state index contributed by atoms with van der Waals surface area (Å²) in [5.74, 6) is -14.7. The van der Waals surface area contributed by atoms with Crippen LogP contribution in [0.15, 0.2) is 112 Å². The average Bonchev–Trinajstić information content (AvgIpc) is 0.813. The molecule has 2 aliphatic rings. The lowest BCUT2D eigenvalue weighted by Crippen LogP contribution is -2.57. The number of benzene rings is 4. The SMILES string of the molecule is CCCC[C@H]1CC(=O)[C@H](Cc2ccc(F)cc2)NC(=O)[C@H](CCCN=C(N)N)NC(=O)C(Cc2ccc3ccccc3c2)CC(=O)[C@H](CCCN=C(N)N)NC(=O)[C@H](CCCN=C(N)N)CC(=O)[C@H](CCC(N)=O)NC(=O)C[C@@H](CCc2ccccc2)NC(=O)C2CCCCN2C(=O)C(=O)C(C)(C)COC1=O. The molecule has 2 aliphatic heterocycles. The van der Waals surface area contributed by atoms with Gasteiger partial charge < -0.3 is 76.4 Å². The number of unbranched alkanes of at least 4 members (excludes halogenated alkanes) is 1. The fourth-order valence-electron chi connectivity index (χ4n) is 13.1. The number of guanidine groups is 3. The number of cyclic esters (lactones) is 1. The number of hydrogen-bond acceptors (Lipinski definition) is 16. The van der Waals surface area contributed by atoms with Crippen LogP contribution in [0.3, 0.4) is 0 Å². The Bertz CT molecular complexity index is 3820. The maximum Gasteiger partial charge on any atom is 0.309 e. The highest BCUT2D eigenvalue weighted by Crippen LogP contribution is 2.28. The van der Waals surface area contributed by atoms with E-state index in [1.807, 2.05) is 73.7 Å². The van der Waals surface area contributed by atoms with E-state index in [0.717, 1.165) is 16.3 Å². The first-order chi connectivity index (χ1) is 51.0. The molecule has 0 radical (unpaired) electrons. The number of Topliss-reactive ketones (excluding diaryl/α,β-unsaturated/α-hetero) is 4. The van der Waals surface area contributed by atoms with Gasteiger partial charge in [-0.15, -0.1) is 0 Å². The summed E-state index contributed by atoms with van der Waals surface area (Å²) < 4.78 is 20.3. The Hall–Kier alpha value is -10.7. The number of nitrogens with zero attached hydrogens (tertiary/aromatic N) is 4. The third-order valence-corrected chi connectivity index (χ3v) is 19.2. The number of nitrogens with two attached hydrogens (primary N) is 7. The summed E-state index contributed by atoms with van der Waals surface area (Å²) in [6.07, 6.45) is -0.513. The van der Waals surface area contributed by atoms with Crippen molar-refractivity contribution in [1.82, 2.24) is 31.5 Å². The number of rotatable bonds is 25. The molecule has 580 valence electrons. The van der Waals surface area contributed by atoms with E-state index in [1.54, 1.807) is 6.07 Å². The number of nitrogens with one attached hydrogen (secondary N) is 5. The van der Waals surface area contributed by atoms with E-state index in [1.165, 1.54) is 43.0 Å². The van der Waals surface area contributed by atoms with Crippen molar-refractivity contribution in [2.75, 3.05) is 32.8 Å². The third kappa shape index (κ3) is 29.0. The Kier molecular flexibility index (Phi) is 34.3. The zero-order chi connectivity index (χ0) is 78.2. The smallest absolute Gasteiger partial charge is 0.309 e. The molecule has 0 aromatic heterocycles. The van der Waals surface area contributed by atoms with Crippen LogP contribution in [0, 0.1) is 29.0 Å². The van der Waals surface area contributed by atoms with E-state index in [0.29, 0.717) is 43.2 Å². The number of ether oxygens (including phenoxy) is 1. The molecule has 7 amide bonds. The Morgan fingerprint density at radius 1 is 0.523 bits per heavy atom. The minimum absolute atomic E-state index is 0.000254. The number of aliphatic imine (C=N–C) groups is 3. The van der Waals surface area contributed by atoms with E-state index >= 15 is 24.0 Å². The highest BCUT2D eigenvalue weighted by molar-refractivity contribution is 6.38. The summed E-state index contributed by atoms with van der Waals surface area (Å²) in [4.78, 5) is 189. The Morgan fingerprint density at radius 2 is 1.07 bits per heavy atom. The molecule has 29 nitrogen and oxygen atoms in total. The Balaban J connectivity index is 1.49. The largest absolute Gasteiger partial charge is 0.464 e. The molecule has 0 aliphatic carbocycles. The van der Waals surface area contributed by atoms with Crippen LogP contribution in [-0.4, -0.2) is 162 Å². The average molecular weight is 1480 g/mol. The van der Waals surface area contributed by atoms with Gasteiger partial charge in [0.05, 0.1) is 29.5 Å².